The Kier molecular flexibility index (Phi) is 4.57. The number of aldehydes is 1. The highest BCUT2D eigenvalue weighted by Crippen LogP contribution is 2.25. The van der Waals surface area contributed by atoms with E-state index >= 15 is 0 Å². The maximum atomic E-state index is 10.6. The minimum atomic E-state index is 0.656. The summed E-state index contributed by atoms with van der Waals surface area (Å²) in [5.74, 6) is 0.801. The number of carbonyl (C=O) groups excluding carboxylic acids is 1. The van der Waals surface area contributed by atoms with E-state index in [1.165, 1.54) is 25.9 Å². The van der Waals surface area contributed by atoms with Crippen LogP contribution in [0.1, 0.15) is 23.2 Å². The maximum Gasteiger partial charge on any atom is 0.150 e. The molecule has 0 amide bonds. The average Bonchev–Trinajstić information content (AvgIpc) is 2.84. The van der Waals surface area contributed by atoms with Crippen LogP contribution in [-0.4, -0.2) is 37.4 Å². The van der Waals surface area contributed by atoms with Gasteiger partial charge in [-0.3, -0.25) is 9.69 Å². The van der Waals surface area contributed by atoms with Crippen LogP contribution in [0, 0.1) is 0 Å². The molecule has 0 spiro atoms. The first kappa shape index (κ1) is 12.6. The Morgan fingerprint density at radius 2 is 2.12 bits per heavy atom. The highest BCUT2D eigenvalue weighted by atomic mass is 79.9. The SMILES string of the molecule is O=Cc1ccc(OCCN2CCCC2)c(Br)c1. The van der Waals surface area contributed by atoms with Crippen molar-refractivity contribution < 1.29 is 9.53 Å². The van der Waals surface area contributed by atoms with Crippen LogP contribution in [0.5, 0.6) is 5.75 Å². The Labute approximate surface area is 110 Å². The molecule has 1 aliphatic rings. The second-order valence-electron chi connectivity index (χ2n) is 4.20. The van der Waals surface area contributed by atoms with Crippen LogP contribution < -0.4 is 4.74 Å². The lowest BCUT2D eigenvalue weighted by atomic mass is 10.2. The zero-order valence-corrected chi connectivity index (χ0v) is 11.3. The van der Waals surface area contributed by atoms with Crippen molar-refractivity contribution in [3.63, 3.8) is 0 Å². The van der Waals surface area contributed by atoms with Crippen LogP contribution in [0.4, 0.5) is 0 Å². The van der Waals surface area contributed by atoms with Crippen LogP contribution in [0.25, 0.3) is 0 Å². The van der Waals surface area contributed by atoms with Crippen LogP contribution in [0.2, 0.25) is 0 Å². The van der Waals surface area contributed by atoms with E-state index in [9.17, 15) is 4.79 Å². The third kappa shape index (κ3) is 3.54. The largest absolute Gasteiger partial charge is 0.491 e. The van der Waals surface area contributed by atoms with Gasteiger partial charge in [-0.15, -0.1) is 0 Å². The molecule has 0 radical (unpaired) electrons. The predicted molar refractivity (Wildman–Crippen MR) is 70.7 cm³/mol. The molecule has 1 saturated heterocycles. The van der Waals surface area contributed by atoms with Gasteiger partial charge in [-0.25, -0.2) is 0 Å². The molecule has 0 bridgehead atoms. The highest BCUT2D eigenvalue weighted by Gasteiger charge is 2.11. The second-order valence-corrected chi connectivity index (χ2v) is 5.06. The van der Waals surface area contributed by atoms with E-state index in [4.69, 9.17) is 4.74 Å². The summed E-state index contributed by atoms with van der Waals surface area (Å²) in [6, 6.07) is 5.37. The zero-order valence-electron chi connectivity index (χ0n) is 9.69. The molecule has 0 aliphatic carbocycles. The van der Waals surface area contributed by atoms with Gasteiger partial charge in [0, 0.05) is 12.1 Å². The smallest absolute Gasteiger partial charge is 0.150 e. The monoisotopic (exact) mass is 297 g/mol. The standard InChI is InChI=1S/C13H16BrNO2/c14-12-9-11(10-16)3-4-13(12)17-8-7-15-5-1-2-6-15/h3-4,9-10H,1-2,5-8H2. The normalized spacial score (nSPS) is 16.1. The number of nitrogens with zero attached hydrogens (tertiary/aromatic N) is 1. The number of rotatable bonds is 5. The second kappa shape index (κ2) is 6.17. The van der Waals surface area contributed by atoms with Gasteiger partial charge in [0.1, 0.15) is 18.6 Å². The van der Waals surface area contributed by atoms with Gasteiger partial charge in [0.25, 0.3) is 0 Å². The Balaban J connectivity index is 1.83. The molecule has 1 fully saturated rings. The number of carbonyl (C=O) groups is 1. The molecule has 1 aliphatic heterocycles. The minimum absolute atomic E-state index is 0.656. The van der Waals surface area contributed by atoms with Gasteiger partial charge in [-0.1, -0.05) is 0 Å². The molecule has 1 aromatic carbocycles. The molecular weight excluding hydrogens is 282 g/mol. The van der Waals surface area contributed by atoms with Gasteiger partial charge in [0.2, 0.25) is 0 Å². The van der Waals surface area contributed by atoms with E-state index in [0.29, 0.717) is 12.2 Å². The number of hydrogen-bond donors (Lipinski definition) is 0. The number of benzene rings is 1. The van der Waals surface area contributed by atoms with E-state index < -0.39 is 0 Å². The van der Waals surface area contributed by atoms with Gasteiger partial charge < -0.3 is 4.74 Å². The van der Waals surface area contributed by atoms with Crippen molar-refractivity contribution in [1.82, 2.24) is 4.90 Å². The van der Waals surface area contributed by atoms with Gasteiger partial charge in [0.15, 0.2) is 0 Å². The number of hydrogen-bond acceptors (Lipinski definition) is 3. The van der Waals surface area contributed by atoms with E-state index in [1.807, 2.05) is 6.07 Å². The predicted octanol–water partition coefficient (Wildman–Crippen LogP) is 2.74. The zero-order chi connectivity index (χ0) is 12.1. The number of likely N-dealkylation sites (tertiary alicyclic amines) is 1. The molecule has 0 saturated carbocycles. The molecule has 0 unspecified atom stereocenters. The summed E-state index contributed by atoms with van der Waals surface area (Å²) >= 11 is 3.40. The van der Waals surface area contributed by atoms with Crippen molar-refractivity contribution in [3.8, 4) is 5.75 Å². The van der Waals surface area contributed by atoms with Crippen LogP contribution in [-0.2, 0) is 0 Å². The first-order valence-electron chi connectivity index (χ1n) is 5.89. The van der Waals surface area contributed by atoms with Crippen molar-refractivity contribution in [1.29, 1.82) is 0 Å². The lowest BCUT2D eigenvalue weighted by molar-refractivity contribution is 0.112. The Morgan fingerprint density at radius 1 is 1.35 bits per heavy atom. The summed E-state index contributed by atoms with van der Waals surface area (Å²) in [6.45, 7) is 4.05. The van der Waals surface area contributed by atoms with E-state index in [2.05, 4.69) is 20.8 Å². The average molecular weight is 298 g/mol. The van der Waals surface area contributed by atoms with Crippen molar-refractivity contribution in [2.24, 2.45) is 0 Å². The molecular formula is C13H16BrNO2. The lowest BCUT2D eigenvalue weighted by Gasteiger charge is -2.15. The van der Waals surface area contributed by atoms with Crippen LogP contribution in [0.15, 0.2) is 22.7 Å². The van der Waals surface area contributed by atoms with Crippen molar-refractivity contribution >= 4 is 22.2 Å². The van der Waals surface area contributed by atoms with Crippen molar-refractivity contribution in [2.75, 3.05) is 26.2 Å². The Bertz CT molecular complexity index is 389. The van der Waals surface area contributed by atoms with Crippen LogP contribution in [0.3, 0.4) is 0 Å². The number of halogens is 1. The molecule has 92 valence electrons. The van der Waals surface area contributed by atoms with E-state index in [-0.39, 0.29) is 0 Å². The number of ether oxygens (including phenoxy) is 1. The summed E-state index contributed by atoms with van der Waals surface area (Å²) in [4.78, 5) is 13.0. The molecule has 0 N–H and O–H groups in total. The molecule has 4 heteroatoms. The molecule has 0 aromatic heterocycles. The molecule has 1 heterocycles. The Hall–Kier alpha value is -0.870. The summed E-state index contributed by atoms with van der Waals surface area (Å²) in [6.07, 6.45) is 3.44. The third-order valence-corrected chi connectivity index (χ3v) is 3.58. The lowest BCUT2D eigenvalue weighted by Crippen LogP contribution is -2.25. The first-order chi connectivity index (χ1) is 8.29. The minimum Gasteiger partial charge on any atom is -0.491 e. The Morgan fingerprint density at radius 3 is 2.76 bits per heavy atom. The van der Waals surface area contributed by atoms with Gasteiger partial charge in [0.05, 0.1) is 4.47 Å². The van der Waals surface area contributed by atoms with Gasteiger partial charge in [-0.2, -0.15) is 0 Å². The van der Waals surface area contributed by atoms with E-state index in [0.717, 1.165) is 23.1 Å². The molecule has 2 rings (SSSR count). The van der Waals surface area contributed by atoms with E-state index in [1.54, 1.807) is 12.1 Å². The fraction of sp³-hybridized carbons (Fsp3) is 0.462. The topological polar surface area (TPSA) is 29.5 Å². The van der Waals surface area contributed by atoms with Crippen molar-refractivity contribution in [3.05, 3.63) is 28.2 Å². The fourth-order valence-electron chi connectivity index (χ4n) is 2.00. The first-order valence-corrected chi connectivity index (χ1v) is 6.69. The van der Waals surface area contributed by atoms with Crippen molar-refractivity contribution in [2.45, 2.75) is 12.8 Å². The quantitative estimate of drug-likeness (QED) is 0.783. The molecule has 1 aromatic rings. The highest BCUT2D eigenvalue weighted by molar-refractivity contribution is 9.10. The summed E-state index contributed by atoms with van der Waals surface area (Å²) in [7, 11) is 0. The molecule has 3 nitrogen and oxygen atoms in total. The molecule has 17 heavy (non-hydrogen) atoms. The third-order valence-electron chi connectivity index (χ3n) is 2.96. The summed E-state index contributed by atoms with van der Waals surface area (Å²) in [5, 5.41) is 0. The van der Waals surface area contributed by atoms with Gasteiger partial charge >= 0.3 is 0 Å². The fourth-order valence-corrected chi connectivity index (χ4v) is 2.51. The summed E-state index contributed by atoms with van der Waals surface area (Å²) < 4.78 is 6.53. The van der Waals surface area contributed by atoms with Gasteiger partial charge in [-0.05, 0) is 60.1 Å². The summed E-state index contributed by atoms with van der Waals surface area (Å²) in [5.41, 5.74) is 0.656. The van der Waals surface area contributed by atoms with Crippen LogP contribution >= 0.6 is 15.9 Å². The molecule has 0 atom stereocenters. The maximum absolute atomic E-state index is 10.6.